The lowest BCUT2D eigenvalue weighted by Gasteiger charge is -2.13. The molecule has 0 spiro atoms. The van der Waals surface area contributed by atoms with Gasteiger partial charge < -0.3 is 5.43 Å². The Morgan fingerprint density at radius 2 is 1.65 bits per heavy atom. The quantitative estimate of drug-likeness (QED) is 0.655. The maximum atomic E-state index is 12.5. The molecule has 0 fully saturated rings. The van der Waals surface area contributed by atoms with Crippen molar-refractivity contribution in [2.24, 2.45) is 0 Å². The zero-order valence-electron chi connectivity index (χ0n) is 9.52. The lowest BCUT2D eigenvalue weighted by Crippen LogP contribution is -2.16. The summed E-state index contributed by atoms with van der Waals surface area (Å²) in [6.45, 7) is 0. The highest BCUT2D eigenvalue weighted by Crippen LogP contribution is 2.38. The number of halogens is 5. The molecule has 1 aromatic rings. The Hall–Kier alpha value is -2.09. The molecule has 0 aliphatic carbocycles. The van der Waals surface area contributed by atoms with Crippen LogP contribution in [0.5, 0.6) is 0 Å². The summed E-state index contributed by atoms with van der Waals surface area (Å²) in [7, 11) is 0. The molecule has 0 aliphatic rings. The van der Waals surface area contributed by atoms with E-state index in [0.29, 0.717) is 12.1 Å². The Kier molecular flexibility index (Phi) is 5.09. The van der Waals surface area contributed by atoms with Gasteiger partial charge in [0, 0.05) is 6.20 Å². The second kappa shape index (κ2) is 6.38. The summed E-state index contributed by atoms with van der Waals surface area (Å²) < 4.78 is 37.5. The number of hydrogen-bond acceptors (Lipinski definition) is 4. The van der Waals surface area contributed by atoms with Crippen LogP contribution in [0.2, 0.25) is 10.0 Å². The largest absolute Gasteiger partial charge is 0.416 e. The minimum Gasteiger partial charge on any atom is -0.306 e. The molecule has 2 N–H and O–H groups in total. The number of hydrogen-bond donors (Lipinski definition) is 2. The fraction of sp³-hybridized carbons (Fsp3) is 0.0909. The predicted octanol–water partition coefficient (Wildman–Crippen LogP) is 3.86. The Labute approximate surface area is 122 Å². The smallest absolute Gasteiger partial charge is 0.306 e. The molecule has 0 unspecified atom stereocenters. The molecule has 0 bridgehead atoms. The molecule has 1 aromatic carbocycles. The first-order chi connectivity index (χ1) is 9.29. The van der Waals surface area contributed by atoms with Gasteiger partial charge in [-0.2, -0.15) is 23.7 Å². The zero-order valence-corrected chi connectivity index (χ0v) is 11.0. The van der Waals surface area contributed by atoms with Crippen molar-refractivity contribution >= 4 is 28.9 Å². The normalized spacial score (nSPS) is 10.2. The summed E-state index contributed by atoms with van der Waals surface area (Å²) in [5.74, 6) is 0. The third-order valence-corrected chi connectivity index (χ3v) is 2.62. The van der Waals surface area contributed by atoms with E-state index in [1.807, 2.05) is 0 Å². The van der Waals surface area contributed by atoms with Gasteiger partial charge >= 0.3 is 6.18 Å². The van der Waals surface area contributed by atoms with E-state index >= 15 is 0 Å². The number of nitrogens with one attached hydrogen (secondary N) is 2. The van der Waals surface area contributed by atoms with Crippen molar-refractivity contribution in [3.8, 4) is 12.1 Å². The van der Waals surface area contributed by atoms with Crippen LogP contribution in [0, 0.1) is 22.7 Å². The number of nitrogens with zero attached hydrogens (tertiary/aromatic N) is 2. The number of alkyl halides is 3. The fourth-order valence-electron chi connectivity index (χ4n) is 1.13. The Morgan fingerprint density at radius 3 is 2.05 bits per heavy atom. The van der Waals surface area contributed by atoms with Crippen LogP contribution in [0.1, 0.15) is 5.56 Å². The molecular formula is C11H5Cl2F3N4. The topological polar surface area (TPSA) is 71.6 Å². The average Bonchev–Trinajstić information content (AvgIpc) is 2.36. The molecule has 20 heavy (non-hydrogen) atoms. The van der Waals surface area contributed by atoms with Crippen LogP contribution in [-0.2, 0) is 6.18 Å². The molecule has 0 atom stereocenters. The second-order valence-electron chi connectivity index (χ2n) is 3.36. The molecule has 0 amide bonds. The van der Waals surface area contributed by atoms with Gasteiger partial charge in [0.05, 0.1) is 21.3 Å². The fourth-order valence-corrected chi connectivity index (χ4v) is 1.71. The third kappa shape index (κ3) is 3.95. The minimum absolute atomic E-state index is 0.00665. The maximum absolute atomic E-state index is 12.5. The van der Waals surface area contributed by atoms with E-state index in [0.717, 1.165) is 6.20 Å². The molecule has 9 heteroatoms. The molecular weight excluding hydrogens is 316 g/mol. The van der Waals surface area contributed by atoms with E-state index in [1.54, 1.807) is 12.1 Å². The van der Waals surface area contributed by atoms with Gasteiger partial charge in [-0.1, -0.05) is 23.2 Å². The molecule has 0 heterocycles. The van der Waals surface area contributed by atoms with Gasteiger partial charge in [-0.05, 0) is 12.1 Å². The number of hydrazine groups is 1. The summed E-state index contributed by atoms with van der Waals surface area (Å²) in [5, 5.41) is 16.4. The summed E-state index contributed by atoms with van der Waals surface area (Å²) in [4.78, 5) is 0. The second-order valence-corrected chi connectivity index (χ2v) is 4.18. The van der Waals surface area contributed by atoms with Gasteiger partial charge in [-0.25, -0.2) is 0 Å². The highest BCUT2D eigenvalue weighted by molar-refractivity contribution is 6.39. The summed E-state index contributed by atoms with van der Waals surface area (Å²) in [6.07, 6.45) is -3.54. The zero-order chi connectivity index (χ0) is 15.3. The van der Waals surface area contributed by atoms with Gasteiger partial charge in [0.1, 0.15) is 17.7 Å². The van der Waals surface area contributed by atoms with Gasteiger partial charge in [-0.15, -0.1) is 0 Å². The number of benzene rings is 1. The molecule has 0 saturated carbocycles. The Bertz CT molecular complexity index is 587. The Morgan fingerprint density at radius 1 is 1.15 bits per heavy atom. The number of anilines is 1. The van der Waals surface area contributed by atoms with Crippen molar-refractivity contribution in [1.29, 1.82) is 10.5 Å². The first-order valence-corrected chi connectivity index (χ1v) is 5.63. The molecule has 4 nitrogen and oxygen atoms in total. The van der Waals surface area contributed by atoms with Gasteiger partial charge in [-0.3, -0.25) is 5.43 Å². The van der Waals surface area contributed by atoms with E-state index in [9.17, 15) is 13.2 Å². The van der Waals surface area contributed by atoms with E-state index in [2.05, 4.69) is 10.9 Å². The van der Waals surface area contributed by atoms with Crippen molar-refractivity contribution in [1.82, 2.24) is 5.43 Å². The molecule has 104 valence electrons. The lowest BCUT2D eigenvalue weighted by atomic mass is 10.2. The predicted molar refractivity (Wildman–Crippen MR) is 67.5 cm³/mol. The van der Waals surface area contributed by atoms with E-state index in [4.69, 9.17) is 33.7 Å². The summed E-state index contributed by atoms with van der Waals surface area (Å²) in [6, 6.07) is 4.57. The van der Waals surface area contributed by atoms with Crippen LogP contribution in [0.3, 0.4) is 0 Å². The van der Waals surface area contributed by atoms with Crippen molar-refractivity contribution in [2.75, 3.05) is 5.43 Å². The number of rotatable bonds is 3. The van der Waals surface area contributed by atoms with Crippen molar-refractivity contribution < 1.29 is 13.2 Å². The van der Waals surface area contributed by atoms with Gasteiger partial charge in [0.15, 0.2) is 0 Å². The van der Waals surface area contributed by atoms with Gasteiger partial charge in [0.2, 0.25) is 0 Å². The number of allylic oxidation sites excluding steroid dienone is 1. The van der Waals surface area contributed by atoms with Crippen molar-refractivity contribution in [3.63, 3.8) is 0 Å². The summed E-state index contributed by atoms with van der Waals surface area (Å²) >= 11 is 11.4. The highest BCUT2D eigenvalue weighted by Gasteiger charge is 2.31. The van der Waals surface area contributed by atoms with Crippen LogP contribution in [0.4, 0.5) is 18.9 Å². The van der Waals surface area contributed by atoms with Crippen LogP contribution < -0.4 is 10.9 Å². The van der Waals surface area contributed by atoms with E-state index in [1.165, 1.54) is 0 Å². The van der Waals surface area contributed by atoms with Crippen molar-refractivity contribution in [3.05, 3.63) is 39.5 Å². The standard InChI is InChI=1S/C11H5Cl2F3N4/c12-8-1-7(11(14,15)16)2-9(13)10(8)20-19-5-6(3-17)4-18/h1-2,5,19-20H. The lowest BCUT2D eigenvalue weighted by molar-refractivity contribution is -0.137. The molecule has 1 rings (SSSR count). The summed E-state index contributed by atoms with van der Waals surface area (Å²) in [5.41, 5.74) is 3.51. The molecule has 0 aliphatic heterocycles. The Balaban J connectivity index is 2.97. The van der Waals surface area contributed by atoms with Crippen LogP contribution >= 0.6 is 23.2 Å². The monoisotopic (exact) mass is 320 g/mol. The number of nitriles is 2. The van der Waals surface area contributed by atoms with E-state index in [-0.39, 0.29) is 21.3 Å². The minimum atomic E-state index is -4.56. The first kappa shape index (κ1) is 16.0. The molecule has 0 saturated heterocycles. The van der Waals surface area contributed by atoms with E-state index < -0.39 is 11.7 Å². The first-order valence-electron chi connectivity index (χ1n) is 4.87. The van der Waals surface area contributed by atoms with Crippen molar-refractivity contribution in [2.45, 2.75) is 6.18 Å². The SMILES string of the molecule is N#CC(C#N)=CNNc1c(Cl)cc(C(F)(F)F)cc1Cl. The molecule has 0 aromatic heterocycles. The van der Waals surface area contributed by atoms with Crippen LogP contribution in [-0.4, -0.2) is 0 Å². The van der Waals surface area contributed by atoms with Gasteiger partial charge in [0.25, 0.3) is 0 Å². The highest BCUT2D eigenvalue weighted by atomic mass is 35.5. The third-order valence-electron chi connectivity index (χ3n) is 2.02. The maximum Gasteiger partial charge on any atom is 0.416 e. The van der Waals surface area contributed by atoms with Crippen LogP contribution in [0.25, 0.3) is 0 Å². The molecule has 0 radical (unpaired) electrons. The average molecular weight is 321 g/mol. The van der Waals surface area contributed by atoms with Crippen LogP contribution in [0.15, 0.2) is 23.9 Å².